The standard InChI is InChI=1S/C13H18N6S/c1-9(14)12-7-6-11(8-15-12)20-13-16-17-18-19(13)10-4-2-3-5-10/h6-10H,2-5,14H2,1H3/t9-/m0/s1. The van der Waals surface area contributed by atoms with Crippen LogP contribution >= 0.6 is 11.8 Å². The Hall–Kier alpha value is -1.47. The molecule has 2 N–H and O–H groups in total. The van der Waals surface area contributed by atoms with Gasteiger partial charge >= 0.3 is 0 Å². The molecule has 0 bridgehead atoms. The van der Waals surface area contributed by atoms with Crippen LogP contribution in [0, 0.1) is 0 Å². The maximum absolute atomic E-state index is 5.80. The molecule has 0 saturated heterocycles. The molecule has 0 unspecified atom stereocenters. The Kier molecular flexibility index (Phi) is 3.98. The Morgan fingerprint density at radius 1 is 1.35 bits per heavy atom. The van der Waals surface area contributed by atoms with Crippen molar-refractivity contribution in [1.29, 1.82) is 0 Å². The molecule has 1 atom stereocenters. The predicted molar refractivity (Wildman–Crippen MR) is 76.3 cm³/mol. The smallest absolute Gasteiger partial charge is 0.214 e. The molecule has 1 aliphatic carbocycles. The maximum Gasteiger partial charge on any atom is 0.214 e. The first-order chi connectivity index (χ1) is 9.74. The van der Waals surface area contributed by atoms with Crippen molar-refractivity contribution in [3.8, 4) is 0 Å². The molecule has 0 spiro atoms. The highest BCUT2D eigenvalue weighted by molar-refractivity contribution is 7.99. The number of hydrogen-bond donors (Lipinski definition) is 1. The van der Waals surface area contributed by atoms with E-state index in [9.17, 15) is 0 Å². The van der Waals surface area contributed by atoms with Crippen LogP contribution in [-0.2, 0) is 0 Å². The summed E-state index contributed by atoms with van der Waals surface area (Å²) >= 11 is 1.55. The van der Waals surface area contributed by atoms with Crippen LogP contribution in [0.2, 0.25) is 0 Å². The zero-order valence-corrected chi connectivity index (χ0v) is 12.3. The molecule has 7 heteroatoms. The van der Waals surface area contributed by atoms with E-state index in [0.717, 1.165) is 15.7 Å². The average molecular weight is 290 g/mol. The zero-order valence-electron chi connectivity index (χ0n) is 11.4. The molecule has 2 aromatic heterocycles. The third-order valence-electron chi connectivity index (χ3n) is 3.57. The number of nitrogens with two attached hydrogens (primary N) is 1. The normalized spacial score (nSPS) is 17.5. The van der Waals surface area contributed by atoms with Crippen molar-refractivity contribution >= 4 is 11.8 Å². The lowest BCUT2D eigenvalue weighted by Gasteiger charge is -2.11. The van der Waals surface area contributed by atoms with Gasteiger partial charge in [-0.3, -0.25) is 4.98 Å². The number of tetrazole rings is 1. The van der Waals surface area contributed by atoms with Crippen LogP contribution in [0.15, 0.2) is 28.4 Å². The molecule has 3 rings (SSSR count). The molecule has 0 aromatic carbocycles. The topological polar surface area (TPSA) is 82.5 Å². The summed E-state index contributed by atoms with van der Waals surface area (Å²) in [6, 6.07) is 4.38. The van der Waals surface area contributed by atoms with Crippen molar-refractivity contribution < 1.29 is 0 Å². The van der Waals surface area contributed by atoms with E-state index in [0.29, 0.717) is 6.04 Å². The van der Waals surface area contributed by atoms with Gasteiger partial charge in [0.25, 0.3) is 0 Å². The average Bonchev–Trinajstić information content (AvgIpc) is 3.09. The fourth-order valence-corrected chi connectivity index (χ4v) is 3.27. The van der Waals surface area contributed by atoms with Gasteiger partial charge in [0.1, 0.15) is 0 Å². The van der Waals surface area contributed by atoms with Gasteiger partial charge in [-0.05, 0) is 54.1 Å². The number of nitrogens with zero attached hydrogens (tertiary/aromatic N) is 5. The number of hydrogen-bond acceptors (Lipinski definition) is 6. The van der Waals surface area contributed by atoms with Crippen molar-refractivity contribution in [3.63, 3.8) is 0 Å². The summed E-state index contributed by atoms with van der Waals surface area (Å²) in [5.41, 5.74) is 6.69. The molecule has 20 heavy (non-hydrogen) atoms. The molecule has 1 fully saturated rings. The fraction of sp³-hybridized carbons (Fsp3) is 0.538. The van der Waals surface area contributed by atoms with Gasteiger partial charge < -0.3 is 5.73 Å². The van der Waals surface area contributed by atoms with Gasteiger partial charge in [0.2, 0.25) is 5.16 Å². The molecular weight excluding hydrogens is 272 g/mol. The van der Waals surface area contributed by atoms with E-state index in [1.54, 1.807) is 11.8 Å². The molecule has 1 saturated carbocycles. The van der Waals surface area contributed by atoms with E-state index < -0.39 is 0 Å². The monoisotopic (exact) mass is 290 g/mol. The first-order valence-corrected chi connectivity index (χ1v) is 7.73. The molecule has 2 heterocycles. The van der Waals surface area contributed by atoms with Gasteiger partial charge in [-0.1, -0.05) is 12.8 Å². The van der Waals surface area contributed by atoms with E-state index in [4.69, 9.17) is 5.73 Å². The Morgan fingerprint density at radius 2 is 2.15 bits per heavy atom. The van der Waals surface area contributed by atoms with Crippen LogP contribution in [0.4, 0.5) is 0 Å². The van der Waals surface area contributed by atoms with Crippen molar-refractivity contribution in [2.45, 2.75) is 54.7 Å². The number of aromatic nitrogens is 5. The first-order valence-electron chi connectivity index (χ1n) is 6.91. The largest absolute Gasteiger partial charge is 0.323 e. The van der Waals surface area contributed by atoms with E-state index in [-0.39, 0.29) is 6.04 Å². The van der Waals surface area contributed by atoms with Gasteiger partial charge in [0, 0.05) is 17.1 Å². The minimum absolute atomic E-state index is 0.0436. The van der Waals surface area contributed by atoms with Crippen LogP contribution in [0.3, 0.4) is 0 Å². The highest BCUT2D eigenvalue weighted by atomic mass is 32.2. The third kappa shape index (κ3) is 2.83. The highest BCUT2D eigenvalue weighted by Crippen LogP contribution is 2.33. The Bertz CT molecular complexity index is 558. The first kappa shape index (κ1) is 13.5. The lowest BCUT2D eigenvalue weighted by Crippen LogP contribution is -2.08. The lowest BCUT2D eigenvalue weighted by atomic mass is 10.2. The summed E-state index contributed by atoms with van der Waals surface area (Å²) in [4.78, 5) is 5.39. The molecule has 2 aromatic rings. The van der Waals surface area contributed by atoms with Crippen LogP contribution < -0.4 is 5.73 Å². The molecule has 6 nitrogen and oxygen atoms in total. The van der Waals surface area contributed by atoms with Crippen molar-refractivity contribution in [3.05, 3.63) is 24.0 Å². The second-order valence-electron chi connectivity index (χ2n) is 5.15. The van der Waals surface area contributed by atoms with Crippen LogP contribution in [0.25, 0.3) is 0 Å². The summed E-state index contributed by atoms with van der Waals surface area (Å²) in [5, 5.41) is 12.9. The highest BCUT2D eigenvalue weighted by Gasteiger charge is 2.21. The van der Waals surface area contributed by atoms with Crippen molar-refractivity contribution in [2.75, 3.05) is 0 Å². The van der Waals surface area contributed by atoms with E-state index in [1.807, 2.05) is 29.9 Å². The SMILES string of the molecule is C[C@H](N)c1ccc(Sc2nnnn2C2CCCC2)cn1. The zero-order chi connectivity index (χ0) is 13.9. The van der Waals surface area contributed by atoms with Gasteiger partial charge in [0.05, 0.1) is 11.7 Å². The summed E-state index contributed by atoms with van der Waals surface area (Å²) < 4.78 is 1.96. The summed E-state index contributed by atoms with van der Waals surface area (Å²) in [7, 11) is 0. The molecule has 1 aliphatic rings. The second kappa shape index (κ2) is 5.88. The minimum Gasteiger partial charge on any atom is -0.323 e. The van der Waals surface area contributed by atoms with E-state index >= 15 is 0 Å². The van der Waals surface area contributed by atoms with Gasteiger partial charge in [-0.2, -0.15) is 0 Å². The molecule has 0 radical (unpaired) electrons. The van der Waals surface area contributed by atoms with Gasteiger partial charge in [-0.15, -0.1) is 5.10 Å². The van der Waals surface area contributed by atoms with E-state index in [1.165, 1.54) is 25.7 Å². The van der Waals surface area contributed by atoms with Gasteiger partial charge in [-0.25, -0.2) is 4.68 Å². The van der Waals surface area contributed by atoms with Crippen LogP contribution in [0.1, 0.15) is 50.4 Å². The van der Waals surface area contributed by atoms with Gasteiger partial charge in [0.15, 0.2) is 0 Å². The molecule has 106 valence electrons. The molecule has 0 aliphatic heterocycles. The van der Waals surface area contributed by atoms with Crippen molar-refractivity contribution in [2.24, 2.45) is 5.73 Å². The fourth-order valence-electron chi connectivity index (χ4n) is 2.46. The number of rotatable bonds is 4. The Balaban J connectivity index is 1.76. The predicted octanol–water partition coefficient (Wildman–Crippen LogP) is 2.35. The minimum atomic E-state index is -0.0436. The Morgan fingerprint density at radius 3 is 2.80 bits per heavy atom. The lowest BCUT2D eigenvalue weighted by molar-refractivity contribution is 0.423. The quantitative estimate of drug-likeness (QED) is 0.930. The van der Waals surface area contributed by atoms with Crippen LogP contribution in [-0.4, -0.2) is 25.2 Å². The second-order valence-corrected chi connectivity index (χ2v) is 6.19. The Labute approximate surface area is 122 Å². The summed E-state index contributed by atoms with van der Waals surface area (Å²) in [5.74, 6) is 0. The van der Waals surface area contributed by atoms with E-state index in [2.05, 4.69) is 20.5 Å². The molecular formula is C13H18N6S. The third-order valence-corrected chi connectivity index (χ3v) is 4.50. The number of pyridine rings is 1. The maximum atomic E-state index is 5.80. The molecule has 0 amide bonds. The van der Waals surface area contributed by atoms with Crippen LogP contribution in [0.5, 0.6) is 0 Å². The summed E-state index contributed by atoms with van der Waals surface area (Å²) in [6.45, 7) is 1.93. The van der Waals surface area contributed by atoms with Crippen molar-refractivity contribution in [1.82, 2.24) is 25.2 Å². The summed E-state index contributed by atoms with van der Waals surface area (Å²) in [6.07, 6.45) is 6.69.